The van der Waals surface area contributed by atoms with E-state index in [1.54, 1.807) is 12.1 Å². The van der Waals surface area contributed by atoms with Crippen LogP contribution in [0.5, 0.6) is 0 Å². The van der Waals surface area contributed by atoms with Crippen LogP contribution in [0.4, 0.5) is 11.4 Å². The monoisotopic (exact) mass is 255 g/mol. The zero-order chi connectivity index (χ0) is 12.3. The van der Waals surface area contributed by atoms with E-state index < -0.39 is 4.92 Å². The van der Waals surface area contributed by atoms with Crippen molar-refractivity contribution in [3.05, 3.63) is 33.3 Å². The van der Waals surface area contributed by atoms with Crippen molar-refractivity contribution < 1.29 is 4.92 Å². The number of anilines is 1. The molecule has 1 aliphatic rings. The Kier molecular flexibility index (Phi) is 3.81. The van der Waals surface area contributed by atoms with Gasteiger partial charge in [0.1, 0.15) is 5.69 Å². The maximum Gasteiger partial charge on any atom is 0.293 e. The van der Waals surface area contributed by atoms with Gasteiger partial charge in [0.2, 0.25) is 0 Å². The summed E-state index contributed by atoms with van der Waals surface area (Å²) in [6, 6.07) is 4.68. The molecule has 0 spiro atoms. The first kappa shape index (κ1) is 12.1. The molecule has 1 aliphatic heterocycles. The summed E-state index contributed by atoms with van der Waals surface area (Å²) in [5, 5.41) is 17.6. The van der Waals surface area contributed by atoms with E-state index >= 15 is 0 Å². The first-order valence-electron chi connectivity index (χ1n) is 5.55. The second-order valence-corrected chi connectivity index (χ2v) is 4.59. The van der Waals surface area contributed by atoms with Crippen LogP contribution < -0.4 is 10.6 Å². The predicted molar refractivity (Wildman–Crippen MR) is 67.6 cm³/mol. The molecule has 1 heterocycles. The fourth-order valence-electron chi connectivity index (χ4n) is 1.95. The lowest BCUT2D eigenvalue weighted by atomic mass is 10.1. The summed E-state index contributed by atoms with van der Waals surface area (Å²) in [6.45, 7) is 2.74. The Morgan fingerprint density at radius 1 is 1.59 bits per heavy atom. The average molecular weight is 256 g/mol. The van der Waals surface area contributed by atoms with Crippen LogP contribution >= 0.6 is 11.6 Å². The molecule has 0 aliphatic carbocycles. The van der Waals surface area contributed by atoms with Gasteiger partial charge in [-0.1, -0.05) is 11.6 Å². The highest BCUT2D eigenvalue weighted by molar-refractivity contribution is 6.30. The Bertz CT molecular complexity index is 419. The molecule has 0 saturated carbocycles. The lowest BCUT2D eigenvalue weighted by Gasteiger charge is -2.11. The van der Waals surface area contributed by atoms with Gasteiger partial charge in [0.15, 0.2) is 0 Å². The Morgan fingerprint density at radius 3 is 3.06 bits per heavy atom. The van der Waals surface area contributed by atoms with Gasteiger partial charge in [0.25, 0.3) is 5.69 Å². The van der Waals surface area contributed by atoms with Gasteiger partial charge >= 0.3 is 0 Å². The minimum absolute atomic E-state index is 0.0310. The molecule has 92 valence electrons. The van der Waals surface area contributed by atoms with E-state index in [4.69, 9.17) is 11.6 Å². The van der Waals surface area contributed by atoms with Gasteiger partial charge in [-0.05, 0) is 37.6 Å². The van der Waals surface area contributed by atoms with Crippen LogP contribution in [0.3, 0.4) is 0 Å². The summed E-state index contributed by atoms with van der Waals surface area (Å²) in [4.78, 5) is 10.4. The number of benzene rings is 1. The van der Waals surface area contributed by atoms with Crippen molar-refractivity contribution in [2.24, 2.45) is 5.92 Å². The molecule has 1 aromatic rings. The van der Waals surface area contributed by atoms with Gasteiger partial charge < -0.3 is 10.6 Å². The molecule has 0 bridgehead atoms. The summed E-state index contributed by atoms with van der Waals surface area (Å²) in [5.41, 5.74) is 0.565. The fraction of sp³-hybridized carbons (Fsp3) is 0.455. The summed E-state index contributed by atoms with van der Waals surface area (Å²) >= 11 is 5.75. The fourth-order valence-corrected chi connectivity index (χ4v) is 2.11. The van der Waals surface area contributed by atoms with E-state index in [0.29, 0.717) is 16.6 Å². The standard InChI is InChI=1S/C11H14ClN3O2/c12-9-1-2-10(11(5-9)15(16)17)14-7-8-3-4-13-6-8/h1-2,5,8,13-14H,3-4,6-7H2. The van der Waals surface area contributed by atoms with Crippen molar-refractivity contribution in [1.82, 2.24) is 5.32 Å². The van der Waals surface area contributed by atoms with E-state index in [2.05, 4.69) is 10.6 Å². The predicted octanol–water partition coefficient (Wildman–Crippen LogP) is 2.27. The lowest BCUT2D eigenvalue weighted by Crippen LogP contribution is -2.17. The number of halogens is 1. The quantitative estimate of drug-likeness (QED) is 0.640. The highest BCUT2D eigenvalue weighted by Crippen LogP contribution is 2.28. The molecule has 2 rings (SSSR count). The van der Waals surface area contributed by atoms with Gasteiger partial charge in [-0.3, -0.25) is 10.1 Å². The molecule has 6 heteroatoms. The molecule has 2 N–H and O–H groups in total. The van der Waals surface area contributed by atoms with E-state index in [-0.39, 0.29) is 5.69 Å². The van der Waals surface area contributed by atoms with Crippen LogP contribution in [0.15, 0.2) is 18.2 Å². The van der Waals surface area contributed by atoms with Crippen LogP contribution in [-0.4, -0.2) is 24.6 Å². The van der Waals surface area contributed by atoms with Gasteiger partial charge in [0, 0.05) is 17.6 Å². The lowest BCUT2D eigenvalue weighted by molar-refractivity contribution is -0.383. The molecule has 1 unspecified atom stereocenters. The molecule has 1 atom stereocenters. The maximum absolute atomic E-state index is 10.9. The number of nitrogens with one attached hydrogen (secondary N) is 2. The molecule has 1 fully saturated rings. The molecule has 17 heavy (non-hydrogen) atoms. The van der Waals surface area contributed by atoms with Crippen molar-refractivity contribution in [2.75, 3.05) is 25.0 Å². The van der Waals surface area contributed by atoms with Crippen molar-refractivity contribution >= 4 is 23.0 Å². The highest BCUT2D eigenvalue weighted by Gasteiger charge is 2.17. The third-order valence-electron chi connectivity index (χ3n) is 2.90. The number of hydrogen-bond donors (Lipinski definition) is 2. The van der Waals surface area contributed by atoms with E-state index in [9.17, 15) is 10.1 Å². The van der Waals surface area contributed by atoms with Gasteiger partial charge in [-0.25, -0.2) is 0 Å². The minimum Gasteiger partial charge on any atom is -0.379 e. The second-order valence-electron chi connectivity index (χ2n) is 4.16. The van der Waals surface area contributed by atoms with Crippen molar-refractivity contribution in [3.8, 4) is 0 Å². The van der Waals surface area contributed by atoms with Gasteiger partial charge in [-0.2, -0.15) is 0 Å². The number of hydrogen-bond acceptors (Lipinski definition) is 4. The smallest absolute Gasteiger partial charge is 0.293 e. The van der Waals surface area contributed by atoms with Gasteiger partial charge in [0.05, 0.1) is 4.92 Å². The van der Waals surface area contributed by atoms with Crippen LogP contribution in [0.1, 0.15) is 6.42 Å². The summed E-state index contributed by atoms with van der Waals surface area (Å²) < 4.78 is 0. The molecule has 0 radical (unpaired) electrons. The third-order valence-corrected chi connectivity index (χ3v) is 3.14. The number of nitrogens with zero attached hydrogens (tertiary/aromatic N) is 1. The van der Waals surface area contributed by atoms with Crippen LogP contribution in [-0.2, 0) is 0 Å². The number of rotatable bonds is 4. The third kappa shape index (κ3) is 3.08. The second kappa shape index (κ2) is 5.33. The molecule has 0 aromatic heterocycles. The zero-order valence-electron chi connectivity index (χ0n) is 9.28. The average Bonchev–Trinajstić information content (AvgIpc) is 2.80. The Hall–Kier alpha value is -1.33. The highest BCUT2D eigenvalue weighted by atomic mass is 35.5. The van der Waals surface area contributed by atoms with Crippen molar-refractivity contribution in [2.45, 2.75) is 6.42 Å². The topological polar surface area (TPSA) is 67.2 Å². The zero-order valence-corrected chi connectivity index (χ0v) is 10.0. The molecule has 1 aromatic carbocycles. The first-order chi connectivity index (χ1) is 8.16. The molecular formula is C11H14ClN3O2. The Balaban J connectivity index is 2.06. The molecular weight excluding hydrogens is 242 g/mol. The van der Waals surface area contributed by atoms with Crippen LogP contribution in [0.2, 0.25) is 5.02 Å². The summed E-state index contributed by atoms with van der Waals surface area (Å²) in [6.07, 6.45) is 1.11. The minimum atomic E-state index is -0.416. The molecule has 5 nitrogen and oxygen atoms in total. The van der Waals surface area contributed by atoms with E-state index in [1.165, 1.54) is 6.07 Å². The van der Waals surface area contributed by atoms with Crippen molar-refractivity contribution in [3.63, 3.8) is 0 Å². The largest absolute Gasteiger partial charge is 0.379 e. The van der Waals surface area contributed by atoms with Crippen LogP contribution in [0, 0.1) is 16.0 Å². The first-order valence-corrected chi connectivity index (χ1v) is 5.93. The van der Waals surface area contributed by atoms with E-state index in [1.807, 2.05) is 0 Å². The number of nitro benzene ring substituents is 1. The Labute approximate surface area is 104 Å². The SMILES string of the molecule is O=[N+]([O-])c1cc(Cl)ccc1NCC1CCNC1. The summed E-state index contributed by atoms with van der Waals surface area (Å²) in [5.74, 6) is 0.533. The van der Waals surface area contributed by atoms with E-state index in [0.717, 1.165) is 26.1 Å². The molecule has 0 amide bonds. The number of nitro groups is 1. The van der Waals surface area contributed by atoms with Crippen molar-refractivity contribution in [1.29, 1.82) is 0 Å². The van der Waals surface area contributed by atoms with Crippen LogP contribution in [0.25, 0.3) is 0 Å². The van der Waals surface area contributed by atoms with Gasteiger partial charge in [-0.15, -0.1) is 0 Å². The maximum atomic E-state index is 10.9. The Morgan fingerprint density at radius 2 is 2.41 bits per heavy atom. The summed E-state index contributed by atoms with van der Waals surface area (Å²) in [7, 11) is 0. The normalized spacial score (nSPS) is 19.2. The molecule has 1 saturated heterocycles.